The zero-order valence-electron chi connectivity index (χ0n) is 12.4. The number of hydrogen-bond donors (Lipinski definition) is 1. The zero-order valence-corrected chi connectivity index (χ0v) is 13.2. The van der Waals surface area contributed by atoms with Crippen molar-refractivity contribution in [1.29, 1.82) is 0 Å². The molecule has 1 aromatic rings. The van der Waals surface area contributed by atoms with Crippen LogP contribution in [0, 0.1) is 5.82 Å². The summed E-state index contributed by atoms with van der Waals surface area (Å²) in [4.78, 5) is 2.17. The highest BCUT2D eigenvalue weighted by molar-refractivity contribution is 7.91. The first-order chi connectivity index (χ1) is 10.00. The molecule has 0 radical (unpaired) electrons. The highest BCUT2D eigenvalue weighted by Crippen LogP contribution is 2.19. The van der Waals surface area contributed by atoms with Crippen molar-refractivity contribution >= 4 is 15.5 Å². The summed E-state index contributed by atoms with van der Waals surface area (Å²) in [5.74, 6) is 0.210. The molecule has 2 rings (SSSR count). The van der Waals surface area contributed by atoms with E-state index in [0.29, 0.717) is 12.2 Å². The number of rotatable bonds is 6. The fraction of sp³-hybridized carbons (Fsp3) is 0.600. The molecule has 1 N–H and O–H groups in total. The Morgan fingerprint density at radius 1 is 1.29 bits per heavy atom. The molecule has 0 aromatic heterocycles. The fourth-order valence-corrected chi connectivity index (χ4v) is 3.34. The van der Waals surface area contributed by atoms with Crippen LogP contribution < -0.4 is 5.32 Å². The van der Waals surface area contributed by atoms with Gasteiger partial charge < -0.3 is 10.2 Å². The molecule has 0 amide bonds. The Hall–Kier alpha value is -1.14. The van der Waals surface area contributed by atoms with Gasteiger partial charge in [-0.05, 0) is 25.0 Å². The maximum absolute atomic E-state index is 13.6. The molecule has 0 spiro atoms. The van der Waals surface area contributed by atoms with Gasteiger partial charge in [0, 0.05) is 31.4 Å². The number of nitrogens with one attached hydrogen (secondary N) is 1. The summed E-state index contributed by atoms with van der Waals surface area (Å²) < 4.78 is 36.6. The summed E-state index contributed by atoms with van der Waals surface area (Å²) in [7, 11) is -2.89. The van der Waals surface area contributed by atoms with E-state index in [9.17, 15) is 12.8 Å². The second kappa shape index (κ2) is 7.22. The van der Waals surface area contributed by atoms with Crippen LogP contribution in [0.1, 0.15) is 19.8 Å². The van der Waals surface area contributed by atoms with Crippen LogP contribution in [0.15, 0.2) is 24.3 Å². The summed E-state index contributed by atoms with van der Waals surface area (Å²) in [5, 5.41) is 3.23. The van der Waals surface area contributed by atoms with Gasteiger partial charge in [0.1, 0.15) is 5.82 Å². The number of para-hydroxylation sites is 1. The number of halogens is 1. The summed E-state index contributed by atoms with van der Waals surface area (Å²) in [6.07, 6.45) is 1.81. The lowest BCUT2D eigenvalue weighted by atomic mass is 10.0. The lowest BCUT2D eigenvalue weighted by molar-refractivity contribution is 0.230. The maximum atomic E-state index is 13.6. The van der Waals surface area contributed by atoms with Crippen molar-refractivity contribution in [3.8, 4) is 0 Å². The molecular weight excluding hydrogens is 291 g/mol. The van der Waals surface area contributed by atoms with Crippen molar-refractivity contribution in [2.45, 2.75) is 25.8 Å². The SMILES string of the molecule is CCS(=O)(=O)CCN1CCC(Nc2ccccc2F)CC1. The van der Waals surface area contributed by atoms with E-state index in [1.54, 1.807) is 19.1 Å². The smallest absolute Gasteiger partial charge is 0.151 e. The molecule has 0 saturated carbocycles. The Balaban J connectivity index is 1.77. The number of piperidine rings is 1. The summed E-state index contributed by atoms with van der Waals surface area (Å²) in [5.41, 5.74) is 0.546. The van der Waals surface area contributed by atoms with Crippen LogP contribution in [0.4, 0.5) is 10.1 Å². The van der Waals surface area contributed by atoms with Crippen LogP contribution in [0.3, 0.4) is 0 Å². The minimum Gasteiger partial charge on any atom is -0.380 e. The highest BCUT2D eigenvalue weighted by atomic mass is 32.2. The van der Waals surface area contributed by atoms with Crippen LogP contribution in [0.2, 0.25) is 0 Å². The molecule has 0 atom stereocenters. The first-order valence-electron chi connectivity index (χ1n) is 7.44. The van der Waals surface area contributed by atoms with E-state index in [0.717, 1.165) is 25.9 Å². The van der Waals surface area contributed by atoms with Crippen molar-refractivity contribution in [1.82, 2.24) is 4.90 Å². The van der Waals surface area contributed by atoms with Crippen molar-refractivity contribution in [3.05, 3.63) is 30.1 Å². The number of benzene rings is 1. The van der Waals surface area contributed by atoms with Gasteiger partial charge >= 0.3 is 0 Å². The van der Waals surface area contributed by atoms with Gasteiger partial charge in [-0.15, -0.1) is 0 Å². The van der Waals surface area contributed by atoms with E-state index in [4.69, 9.17) is 0 Å². The molecular formula is C15H23FN2O2S. The summed E-state index contributed by atoms with van der Waals surface area (Å²) in [6, 6.07) is 6.94. The lowest BCUT2D eigenvalue weighted by Crippen LogP contribution is -2.41. The molecule has 0 bridgehead atoms. The monoisotopic (exact) mass is 314 g/mol. The molecule has 4 nitrogen and oxygen atoms in total. The third-order valence-corrected chi connectivity index (χ3v) is 5.66. The maximum Gasteiger partial charge on any atom is 0.151 e. The average molecular weight is 314 g/mol. The van der Waals surface area contributed by atoms with Crippen LogP contribution in [0.25, 0.3) is 0 Å². The van der Waals surface area contributed by atoms with Gasteiger partial charge in [-0.2, -0.15) is 0 Å². The molecule has 1 aliphatic rings. The van der Waals surface area contributed by atoms with E-state index < -0.39 is 9.84 Å². The van der Waals surface area contributed by atoms with Gasteiger partial charge in [-0.25, -0.2) is 12.8 Å². The Morgan fingerprint density at radius 3 is 2.57 bits per heavy atom. The van der Waals surface area contributed by atoms with Gasteiger partial charge in [0.15, 0.2) is 9.84 Å². The molecule has 0 unspecified atom stereocenters. The topological polar surface area (TPSA) is 49.4 Å². The van der Waals surface area contributed by atoms with Crippen LogP contribution in [0.5, 0.6) is 0 Å². The van der Waals surface area contributed by atoms with Gasteiger partial charge in [0.25, 0.3) is 0 Å². The summed E-state index contributed by atoms with van der Waals surface area (Å²) >= 11 is 0. The largest absolute Gasteiger partial charge is 0.380 e. The standard InChI is InChI=1S/C15H23FN2O2S/c1-2-21(19,20)12-11-18-9-7-13(8-10-18)17-15-6-4-3-5-14(15)16/h3-6,13,17H,2,7-12H2,1H3. The van der Waals surface area contributed by atoms with Gasteiger partial charge in [0.05, 0.1) is 11.4 Å². The second-order valence-corrected chi connectivity index (χ2v) is 7.95. The molecule has 1 aromatic carbocycles. The molecule has 118 valence electrons. The average Bonchev–Trinajstić information content (AvgIpc) is 2.49. The summed E-state index contributed by atoms with van der Waals surface area (Å²) in [6.45, 7) is 3.99. The highest BCUT2D eigenvalue weighted by Gasteiger charge is 2.20. The minimum absolute atomic E-state index is 0.207. The second-order valence-electron chi connectivity index (χ2n) is 5.48. The molecule has 1 heterocycles. The van der Waals surface area contributed by atoms with Gasteiger partial charge in [-0.3, -0.25) is 0 Å². The first kappa shape index (κ1) is 16.2. The first-order valence-corrected chi connectivity index (χ1v) is 9.26. The van der Waals surface area contributed by atoms with Crippen LogP contribution >= 0.6 is 0 Å². The fourth-order valence-electron chi connectivity index (χ4n) is 2.51. The Bertz CT molecular complexity index is 555. The third kappa shape index (κ3) is 4.97. The van der Waals surface area contributed by atoms with Gasteiger partial charge in [0.2, 0.25) is 0 Å². The molecule has 1 saturated heterocycles. The van der Waals surface area contributed by atoms with Crippen LogP contribution in [-0.4, -0.2) is 50.5 Å². The van der Waals surface area contributed by atoms with E-state index in [1.165, 1.54) is 6.07 Å². The number of hydrogen-bond acceptors (Lipinski definition) is 4. The van der Waals surface area contributed by atoms with Crippen molar-refractivity contribution < 1.29 is 12.8 Å². The van der Waals surface area contributed by atoms with E-state index in [2.05, 4.69) is 10.2 Å². The normalized spacial score (nSPS) is 17.8. The lowest BCUT2D eigenvalue weighted by Gasteiger charge is -2.32. The number of nitrogens with zero attached hydrogens (tertiary/aromatic N) is 1. The minimum atomic E-state index is -2.89. The van der Waals surface area contributed by atoms with Gasteiger partial charge in [-0.1, -0.05) is 19.1 Å². The van der Waals surface area contributed by atoms with E-state index in [1.807, 2.05) is 6.07 Å². The van der Waals surface area contributed by atoms with Crippen molar-refractivity contribution in [3.63, 3.8) is 0 Å². The van der Waals surface area contributed by atoms with Crippen molar-refractivity contribution in [2.24, 2.45) is 0 Å². The Labute approximate surface area is 126 Å². The number of sulfone groups is 1. The van der Waals surface area contributed by atoms with Crippen LogP contribution in [-0.2, 0) is 9.84 Å². The zero-order chi connectivity index (χ0) is 15.3. The quantitative estimate of drug-likeness (QED) is 0.874. The molecule has 1 fully saturated rings. The predicted molar refractivity (Wildman–Crippen MR) is 83.8 cm³/mol. The van der Waals surface area contributed by atoms with E-state index in [-0.39, 0.29) is 23.4 Å². The predicted octanol–water partition coefficient (Wildman–Crippen LogP) is 2.14. The number of likely N-dealkylation sites (tertiary alicyclic amines) is 1. The Kier molecular flexibility index (Phi) is 5.58. The third-order valence-electron chi connectivity index (χ3n) is 3.98. The number of anilines is 1. The molecule has 21 heavy (non-hydrogen) atoms. The van der Waals surface area contributed by atoms with Crippen molar-refractivity contribution in [2.75, 3.05) is 36.5 Å². The molecule has 0 aliphatic carbocycles. The molecule has 1 aliphatic heterocycles. The molecule has 6 heteroatoms. The Morgan fingerprint density at radius 2 is 1.95 bits per heavy atom. The van der Waals surface area contributed by atoms with E-state index >= 15 is 0 Å².